The molecule has 0 aliphatic heterocycles. The highest BCUT2D eigenvalue weighted by atomic mass is 16.3. The van der Waals surface area contributed by atoms with Crippen LogP contribution >= 0.6 is 0 Å². The lowest BCUT2D eigenvalue weighted by atomic mass is 9.87. The fourth-order valence-electron chi connectivity index (χ4n) is 6.47. The van der Waals surface area contributed by atoms with E-state index in [-0.39, 0.29) is 18.1 Å². The van der Waals surface area contributed by atoms with Crippen LogP contribution in [0.5, 0.6) is 0 Å². The van der Waals surface area contributed by atoms with Crippen molar-refractivity contribution in [3.05, 3.63) is 0 Å². The van der Waals surface area contributed by atoms with Gasteiger partial charge in [0, 0.05) is 0 Å². The van der Waals surface area contributed by atoms with Gasteiger partial charge in [0.15, 0.2) is 0 Å². The summed E-state index contributed by atoms with van der Waals surface area (Å²) in [5.74, 6) is 0.282. The van der Waals surface area contributed by atoms with Gasteiger partial charge in [-0.1, -0.05) is 200 Å². The Morgan fingerprint density at radius 1 is 0.350 bits per heavy atom. The van der Waals surface area contributed by atoms with Crippen LogP contribution in [0.2, 0.25) is 0 Å². The predicted molar refractivity (Wildman–Crippen MR) is 180 cm³/mol. The van der Waals surface area contributed by atoms with Crippen LogP contribution in [0.25, 0.3) is 0 Å². The highest BCUT2D eigenvalue weighted by molar-refractivity contribution is 4.72. The van der Waals surface area contributed by atoms with E-state index in [1.54, 1.807) is 0 Å². The molecule has 242 valence electrons. The third-order valence-electron chi connectivity index (χ3n) is 9.22. The summed E-state index contributed by atoms with van der Waals surface area (Å²) < 4.78 is 0. The van der Waals surface area contributed by atoms with Crippen molar-refractivity contribution in [2.75, 3.05) is 0 Å². The number of aliphatic hydroxyl groups excluding tert-OH is 2. The fraction of sp³-hybridized carbons (Fsp3) is 1.00. The molecule has 2 heteroatoms. The molecule has 3 atom stereocenters. The first kappa shape index (κ1) is 39.9. The molecule has 0 saturated carbocycles. The number of aliphatic hydroxyl groups is 2. The van der Waals surface area contributed by atoms with Gasteiger partial charge >= 0.3 is 0 Å². The summed E-state index contributed by atoms with van der Waals surface area (Å²) in [6, 6.07) is 0. The summed E-state index contributed by atoms with van der Waals surface area (Å²) in [6.45, 7) is 6.47. The van der Waals surface area contributed by atoms with Gasteiger partial charge in [-0.3, -0.25) is 0 Å². The van der Waals surface area contributed by atoms with Crippen LogP contribution in [0, 0.1) is 5.92 Å². The Hall–Kier alpha value is -0.0800. The van der Waals surface area contributed by atoms with Crippen molar-refractivity contribution in [2.45, 2.75) is 238 Å². The summed E-state index contributed by atoms with van der Waals surface area (Å²) in [7, 11) is 0. The molecular weight excluding hydrogens is 488 g/mol. The average Bonchev–Trinajstić information content (AvgIpc) is 2.94. The number of hydrogen-bond acceptors (Lipinski definition) is 2. The third kappa shape index (κ3) is 30.9. The van der Waals surface area contributed by atoms with Crippen molar-refractivity contribution in [1.82, 2.24) is 0 Å². The van der Waals surface area contributed by atoms with Crippen molar-refractivity contribution in [2.24, 2.45) is 5.92 Å². The monoisotopic (exact) mass is 567 g/mol. The SMILES string of the molecule is CCCCCCCCCCCCCCCCCCCC(O)C(CCCCCCCCCCCCCC)CC(C)O. The first-order valence-corrected chi connectivity index (χ1v) is 19.0. The second-order valence-corrected chi connectivity index (χ2v) is 13.5. The average molecular weight is 567 g/mol. The van der Waals surface area contributed by atoms with Gasteiger partial charge in [0.05, 0.1) is 12.2 Å². The topological polar surface area (TPSA) is 40.5 Å². The van der Waals surface area contributed by atoms with Crippen LogP contribution in [0.15, 0.2) is 0 Å². The maximum Gasteiger partial charge on any atom is 0.0569 e. The van der Waals surface area contributed by atoms with Crippen molar-refractivity contribution in [3.63, 3.8) is 0 Å². The van der Waals surface area contributed by atoms with Gasteiger partial charge in [-0.15, -0.1) is 0 Å². The molecule has 0 amide bonds. The quantitative estimate of drug-likeness (QED) is 0.0760. The van der Waals surface area contributed by atoms with Crippen molar-refractivity contribution in [1.29, 1.82) is 0 Å². The minimum Gasteiger partial charge on any atom is -0.393 e. The molecular formula is C38H78O2. The van der Waals surface area contributed by atoms with Crippen molar-refractivity contribution < 1.29 is 10.2 Å². The van der Waals surface area contributed by atoms with Crippen LogP contribution in [-0.4, -0.2) is 22.4 Å². The molecule has 0 spiro atoms. The molecule has 0 aromatic carbocycles. The molecule has 0 aliphatic carbocycles. The molecule has 0 bridgehead atoms. The lowest BCUT2D eigenvalue weighted by molar-refractivity contribution is 0.0539. The Morgan fingerprint density at radius 2 is 0.600 bits per heavy atom. The van der Waals surface area contributed by atoms with Gasteiger partial charge in [0.2, 0.25) is 0 Å². The van der Waals surface area contributed by atoms with E-state index in [0.29, 0.717) is 0 Å². The standard InChI is InChI=1S/C38H78O2/c1-4-6-8-10-12-14-16-18-19-20-21-22-24-26-28-30-32-34-38(40)37(35-36(3)39)33-31-29-27-25-23-17-15-13-11-9-7-5-2/h36-40H,4-35H2,1-3H3. The van der Waals surface area contributed by atoms with Crippen LogP contribution in [-0.2, 0) is 0 Å². The normalized spacial score (nSPS) is 14.0. The Morgan fingerprint density at radius 3 is 0.875 bits per heavy atom. The lowest BCUT2D eigenvalue weighted by Gasteiger charge is -2.24. The smallest absolute Gasteiger partial charge is 0.0569 e. The number of rotatable bonds is 34. The molecule has 0 aromatic heterocycles. The number of unbranched alkanes of at least 4 members (excludes halogenated alkanes) is 27. The van der Waals surface area contributed by atoms with Gasteiger partial charge in [-0.05, 0) is 32.1 Å². The van der Waals surface area contributed by atoms with E-state index in [2.05, 4.69) is 13.8 Å². The molecule has 0 fully saturated rings. The second kappa shape index (κ2) is 33.4. The van der Waals surface area contributed by atoms with Crippen LogP contribution in [0.4, 0.5) is 0 Å². The van der Waals surface area contributed by atoms with Gasteiger partial charge < -0.3 is 10.2 Å². The van der Waals surface area contributed by atoms with Gasteiger partial charge in [0.25, 0.3) is 0 Å². The van der Waals surface area contributed by atoms with E-state index in [9.17, 15) is 10.2 Å². The molecule has 0 aliphatic rings. The van der Waals surface area contributed by atoms with Gasteiger partial charge in [-0.25, -0.2) is 0 Å². The lowest BCUT2D eigenvalue weighted by Crippen LogP contribution is -2.24. The molecule has 0 saturated heterocycles. The molecule has 2 nitrogen and oxygen atoms in total. The zero-order chi connectivity index (χ0) is 29.4. The summed E-state index contributed by atoms with van der Waals surface area (Å²) >= 11 is 0. The molecule has 0 rings (SSSR count). The van der Waals surface area contributed by atoms with E-state index >= 15 is 0 Å². The van der Waals surface area contributed by atoms with Crippen molar-refractivity contribution in [3.8, 4) is 0 Å². The molecule has 0 radical (unpaired) electrons. The van der Waals surface area contributed by atoms with Gasteiger partial charge in [0.1, 0.15) is 0 Å². The van der Waals surface area contributed by atoms with E-state index in [1.807, 2.05) is 6.92 Å². The summed E-state index contributed by atoms with van der Waals surface area (Å²) in [6.07, 6.45) is 42.4. The van der Waals surface area contributed by atoms with Crippen molar-refractivity contribution >= 4 is 0 Å². The Kier molecular flexibility index (Phi) is 33.4. The summed E-state index contributed by atoms with van der Waals surface area (Å²) in [5, 5.41) is 20.8. The van der Waals surface area contributed by atoms with E-state index in [4.69, 9.17) is 0 Å². The maximum absolute atomic E-state index is 10.8. The molecule has 0 heterocycles. The van der Waals surface area contributed by atoms with E-state index in [1.165, 1.54) is 180 Å². The molecule has 0 aromatic rings. The molecule has 3 unspecified atom stereocenters. The minimum absolute atomic E-state index is 0.223. The first-order chi connectivity index (χ1) is 19.6. The zero-order valence-electron chi connectivity index (χ0n) is 28.3. The Bertz CT molecular complexity index is 449. The number of hydrogen-bond donors (Lipinski definition) is 2. The van der Waals surface area contributed by atoms with E-state index in [0.717, 1.165) is 25.7 Å². The fourth-order valence-corrected chi connectivity index (χ4v) is 6.47. The third-order valence-corrected chi connectivity index (χ3v) is 9.22. The van der Waals surface area contributed by atoms with Gasteiger partial charge in [-0.2, -0.15) is 0 Å². The highest BCUT2D eigenvalue weighted by Crippen LogP contribution is 2.24. The first-order valence-electron chi connectivity index (χ1n) is 19.0. The largest absolute Gasteiger partial charge is 0.393 e. The van der Waals surface area contributed by atoms with E-state index < -0.39 is 0 Å². The minimum atomic E-state index is -0.299. The summed E-state index contributed by atoms with van der Waals surface area (Å²) in [5.41, 5.74) is 0. The highest BCUT2D eigenvalue weighted by Gasteiger charge is 2.20. The molecule has 2 N–H and O–H groups in total. The Labute approximate surface area is 254 Å². The van der Waals surface area contributed by atoms with Crippen LogP contribution in [0.1, 0.15) is 226 Å². The predicted octanol–water partition coefficient (Wildman–Crippen LogP) is 12.9. The Balaban J connectivity index is 3.59. The molecule has 40 heavy (non-hydrogen) atoms. The summed E-state index contributed by atoms with van der Waals surface area (Å²) in [4.78, 5) is 0. The van der Waals surface area contributed by atoms with Crippen LogP contribution in [0.3, 0.4) is 0 Å². The second-order valence-electron chi connectivity index (χ2n) is 13.5. The zero-order valence-corrected chi connectivity index (χ0v) is 28.3. The maximum atomic E-state index is 10.8. The van der Waals surface area contributed by atoms with Crippen LogP contribution < -0.4 is 0 Å².